The largest absolute Gasteiger partial charge is 0.309 e. The van der Waals surface area contributed by atoms with E-state index in [9.17, 15) is 0 Å². The molecular weight excluding hydrogens is 769 g/mol. The first kappa shape index (κ1) is 35.2. The Morgan fingerprint density at radius 3 is 1.37 bits per heavy atom. The molecule has 0 atom stereocenters. The van der Waals surface area contributed by atoms with Gasteiger partial charge in [0, 0.05) is 49.1 Å². The molecule has 0 N–H and O–H groups in total. The van der Waals surface area contributed by atoms with Crippen molar-refractivity contribution in [1.29, 1.82) is 0 Å². The molecule has 9 aromatic carbocycles. The Hall–Kier alpha value is -8.61. The number of hydrogen-bond acceptors (Lipinski definition) is 3. The molecule has 13 aromatic rings. The lowest BCUT2D eigenvalue weighted by atomic mass is 10.0. The van der Waals surface area contributed by atoms with E-state index in [0.717, 1.165) is 71.8 Å². The molecule has 63 heavy (non-hydrogen) atoms. The van der Waals surface area contributed by atoms with Crippen molar-refractivity contribution in [3.05, 3.63) is 218 Å². The number of aromatic nitrogens is 6. The van der Waals surface area contributed by atoms with Crippen molar-refractivity contribution in [1.82, 2.24) is 28.7 Å². The average Bonchev–Trinajstić information content (AvgIpc) is 4.00. The monoisotopic (exact) mass is 804 g/mol. The van der Waals surface area contributed by atoms with Gasteiger partial charge in [0.05, 0.1) is 38.8 Å². The lowest BCUT2D eigenvalue weighted by Crippen LogP contribution is -2.07. The van der Waals surface area contributed by atoms with E-state index in [1.807, 2.05) is 0 Å². The Kier molecular flexibility index (Phi) is 7.80. The van der Waals surface area contributed by atoms with Crippen molar-refractivity contribution in [3.8, 4) is 51.2 Å². The number of para-hydroxylation sites is 6. The van der Waals surface area contributed by atoms with Crippen LogP contribution >= 0.6 is 0 Å². The van der Waals surface area contributed by atoms with Crippen LogP contribution < -0.4 is 0 Å². The van der Waals surface area contributed by atoms with Crippen LogP contribution in [0, 0.1) is 0 Å². The third kappa shape index (κ3) is 5.48. The van der Waals surface area contributed by atoms with Gasteiger partial charge in [-0.1, -0.05) is 140 Å². The quantitative estimate of drug-likeness (QED) is 0.168. The highest BCUT2D eigenvalue weighted by Gasteiger charge is 2.22. The molecule has 0 amide bonds. The van der Waals surface area contributed by atoms with Crippen molar-refractivity contribution in [2.45, 2.75) is 0 Å². The van der Waals surface area contributed by atoms with Gasteiger partial charge >= 0.3 is 0 Å². The number of benzene rings is 9. The summed E-state index contributed by atoms with van der Waals surface area (Å²) in [5.41, 5.74) is 12.9. The number of hydrogen-bond donors (Lipinski definition) is 0. The van der Waals surface area contributed by atoms with Crippen molar-refractivity contribution >= 4 is 65.4 Å². The molecule has 0 aliphatic carbocycles. The van der Waals surface area contributed by atoms with Crippen molar-refractivity contribution in [2.24, 2.45) is 0 Å². The summed E-state index contributed by atoms with van der Waals surface area (Å²) in [6.07, 6.45) is 0. The molecule has 0 bridgehead atoms. The molecule has 294 valence electrons. The first-order valence-corrected chi connectivity index (χ1v) is 21.3. The van der Waals surface area contributed by atoms with Crippen molar-refractivity contribution in [2.75, 3.05) is 0 Å². The fraction of sp³-hybridized carbons (Fsp3) is 0. The molecule has 0 aliphatic heterocycles. The second kappa shape index (κ2) is 14.0. The van der Waals surface area contributed by atoms with Gasteiger partial charge in [0.15, 0.2) is 11.6 Å². The number of fused-ring (bicyclic) bond motifs is 9. The standard InChI is InChI=1S/C57H36N6/c1-3-17-37(18-4-1)38-31-33-54-46(35-38)44-24-10-13-27-49(44)62(54)52-30-16-11-25-45(52)56-58-55(59-57(60-56)63-50-28-14-7-21-41(50)42-22-8-15-29-51(42)63)39-32-34-53-47(36-39)43-23-9-12-26-48(43)61(53)40-19-5-2-6-20-40/h1-36H. The van der Waals surface area contributed by atoms with Crippen molar-refractivity contribution < 1.29 is 0 Å². The topological polar surface area (TPSA) is 53.5 Å². The lowest BCUT2D eigenvalue weighted by Gasteiger charge is -2.15. The third-order valence-electron chi connectivity index (χ3n) is 12.5. The van der Waals surface area contributed by atoms with Gasteiger partial charge < -0.3 is 9.13 Å². The fourth-order valence-electron chi connectivity index (χ4n) is 9.72. The second-order valence-electron chi connectivity index (χ2n) is 16.0. The average molecular weight is 805 g/mol. The molecule has 6 heteroatoms. The Morgan fingerprint density at radius 2 is 0.714 bits per heavy atom. The van der Waals surface area contributed by atoms with Crippen LogP contribution in [-0.2, 0) is 0 Å². The van der Waals surface area contributed by atoms with Crippen molar-refractivity contribution in [3.63, 3.8) is 0 Å². The number of nitrogens with zero attached hydrogens (tertiary/aromatic N) is 6. The first-order valence-electron chi connectivity index (χ1n) is 21.3. The molecule has 0 aliphatic rings. The van der Waals surface area contributed by atoms with Gasteiger partial charge in [-0.2, -0.15) is 9.97 Å². The maximum absolute atomic E-state index is 5.44. The minimum atomic E-state index is 0.559. The summed E-state index contributed by atoms with van der Waals surface area (Å²) in [5, 5.41) is 6.96. The molecule has 13 rings (SSSR count). The maximum atomic E-state index is 5.44. The molecule has 0 spiro atoms. The molecule has 4 heterocycles. The van der Waals surface area contributed by atoms with Gasteiger partial charge in [-0.3, -0.25) is 4.57 Å². The predicted octanol–water partition coefficient (Wildman–Crippen LogP) is 14.2. The van der Waals surface area contributed by atoms with E-state index in [2.05, 4.69) is 232 Å². The van der Waals surface area contributed by atoms with E-state index in [4.69, 9.17) is 15.0 Å². The van der Waals surface area contributed by atoms with Crippen LogP contribution in [-0.4, -0.2) is 28.7 Å². The highest BCUT2D eigenvalue weighted by atomic mass is 15.2. The van der Waals surface area contributed by atoms with Crippen LogP contribution in [0.25, 0.3) is 117 Å². The van der Waals surface area contributed by atoms with Crippen LogP contribution in [0.15, 0.2) is 218 Å². The summed E-state index contributed by atoms with van der Waals surface area (Å²) in [5.74, 6) is 1.75. The summed E-state index contributed by atoms with van der Waals surface area (Å²) in [7, 11) is 0. The minimum Gasteiger partial charge on any atom is -0.309 e. The van der Waals surface area contributed by atoms with E-state index >= 15 is 0 Å². The molecule has 0 unspecified atom stereocenters. The molecule has 0 radical (unpaired) electrons. The third-order valence-corrected chi connectivity index (χ3v) is 12.5. The Morgan fingerprint density at radius 1 is 0.270 bits per heavy atom. The summed E-state index contributed by atoms with van der Waals surface area (Å²) in [6, 6.07) is 77.3. The Bertz CT molecular complexity index is 3860. The van der Waals surface area contributed by atoms with Crippen LogP contribution in [0.4, 0.5) is 0 Å². The summed E-state index contributed by atoms with van der Waals surface area (Å²) in [6.45, 7) is 0. The molecular formula is C57H36N6. The fourth-order valence-corrected chi connectivity index (χ4v) is 9.72. The highest BCUT2D eigenvalue weighted by molar-refractivity contribution is 6.12. The second-order valence-corrected chi connectivity index (χ2v) is 16.0. The van der Waals surface area contributed by atoms with E-state index < -0.39 is 0 Å². The first-order chi connectivity index (χ1) is 31.3. The van der Waals surface area contributed by atoms with Crippen LogP contribution in [0.1, 0.15) is 0 Å². The SMILES string of the molecule is c1ccc(-c2ccc3c(c2)c2ccccc2n3-c2ccccc2-c2nc(-c3ccc4c(c3)c3ccccc3n4-c3ccccc3)nc(-n3c4ccccc4c4ccccc43)n2)cc1. The van der Waals surface area contributed by atoms with E-state index in [1.165, 1.54) is 27.3 Å². The highest BCUT2D eigenvalue weighted by Crippen LogP contribution is 2.40. The molecule has 0 fully saturated rings. The zero-order valence-corrected chi connectivity index (χ0v) is 34.0. The molecule has 4 aromatic heterocycles. The van der Waals surface area contributed by atoms with Gasteiger partial charge in [0.25, 0.3) is 0 Å². The Labute approximate surface area is 362 Å². The smallest absolute Gasteiger partial charge is 0.238 e. The predicted molar refractivity (Wildman–Crippen MR) is 259 cm³/mol. The molecule has 6 nitrogen and oxygen atoms in total. The van der Waals surface area contributed by atoms with E-state index in [0.29, 0.717) is 17.6 Å². The summed E-state index contributed by atoms with van der Waals surface area (Å²) in [4.78, 5) is 16.2. The number of rotatable bonds is 6. The van der Waals surface area contributed by atoms with Gasteiger partial charge in [-0.05, 0) is 90.0 Å². The van der Waals surface area contributed by atoms with E-state index in [1.54, 1.807) is 0 Å². The maximum Gasteiger partial charge on any atom is 0.238 e. The summed E-state index contributed by atoms with van der Waals surface area (Å²) >= 11 is 0. The van der Waals surface area contributed by atoms with Gasteiger partial charge in [-0.15, -0.1) is 0 Å². The van der Waals surface area contributed by atoms with E-state index in [-0.39, 0.29) is 0 Å². The lowest BCUT2D eigenvalue weighted by molar-refractivity contribution is 0.952. The molecule has 0 saturated carbocycles. The van der Waals surface area contributed by atoms with Crippen LogP contribution in [0.2, 0.25) is 0 Å². The van der Waals surface area contributed by atoms with Gasteiger partial charge in [0.2, 0.25) is 5.95 Å². The van der Waals surface area contributed by atoms with Gasteiger partial charge in [-0.25, -0.2) is 4.98 Å². The normalized spacial score (nSPS) is 11.8. The summed E-state index contributed by atoms with van der Waals surface area (Å²) < 4.78 is 6.89. The zero-order valence-electron chi connectivity index (χ0n) is 34.0. The van der Waals surface area contributed by atoms with Gasteiger partial charge in [0.1, 0.15) is 0 Å². The van der Waals surface area contributed by atoms with Crippen LogP contribution in [0.3, 0.4) is 0 Å². The Balaban J connectivity index is 1.07. The minimum absolute atomic E-state index is 0.559. The zero-order chi connectivity index (χ0) is 41.4. The molecule has 0 saturated heterocycles. The van der Waals surface area contributed by atoms with Crippen LogP contribution in [0.5, 0.6) is 0 Å².